The molecular formula is C19H18N2O6. The van der Waals surface area contributed by atoms with Gasteiger partial charge in [0.05, 0.1) is 5.92 Å². The van der Waals surface area contributed by atoms with E-state index in [1.807, 2.05) is 0 Å². The molecule has 8 nitrogen and oxygen atoms in total. The van der Waals surface area contributed by atoms with Crippen LogP contribution in [0.4, 0.5) is 0 Å². The van der Waals surface area contributed by atoms with E-state index in [4.69, 9.17) is 14.9 Å². The monoisotopic (exact) mass is 370 g/mol. The number of H-pyrrole nitrogens is 1. The zero-order chi connectivity index (χ0) is 19.6. The minimum atomic E-state index is -1.03. The van der Waals surface area contributed by atoms with Crippen molar-refractivity contribution in [3.05, 3.63) is 74.1 Å². The third-order valence-corrected chi connectivity index (χ3v) is 4.17. The number of nitrogens with two attached hydrogens (primary N) is 1. The van der Waals surface area contributed by atoms with Crippen LogP contribution < -0.4 is 16.7 Å². The molecule has 0 saturated heterocycles. The molecule has 3 rings (SSSR count). The number of aromatic nitrogens is 1. The van der Waals surface area contributed by atoms with Gasteiger partial charge in [-0.15, -0.1) is 0 Å². The highest BCUT2D eigenvalue weighted by molar-refractivity contribution is 5.80. The second-order valence-electron chi connectivity index (χ2n) is 6.09. The SMILES string of the molecule is COCc1cc(=O)c(O)c(C(CC(N)=O)c2cc3ccccc3[nH]c2=O)o1. The van der Waals surface area contributed by atoms with Crippen molar-refractivity contribution < 1.29 is 19.1 Å². The molecule has 27 heavy (non-hydrogen) atoms. The van der Waals surface area contributed by atoms with Crippen LogP contribution in [-0.2, 0) is 16.1 Å². The van der Waals surface area contributed by atoms with E-state index in [1.54, 1.807) is 30.3 Å². The molecule has 2 aromatic heterocycles. The number of hydrogen-bond acceptors (Lipinski definition) is 6. The summed E-state index contributed by atoms with van der Waals surface area (Å²) in [5, 5.41) is 10.9. The van der Waals surface area contributed by atoms with Gasteiger partial charge in [-0.05, 0) is 17.5 Å². The lowest BCUT2D eigenvalue weighted by atomic mass is 9.92. The summed E-state index contributed by atoms with van der Waals surface area (Å²) in [6, 6.07) is 9.77. The number of ether oxygens (including phenoxy) is 1. The van der Waals surface area contributed by atoms with Crippen LogP contribution in [0.25, 0.3) is 10.9 Å². The first kappa shape index (κ1) is 18.4. The van der Waals surface area contributed by atoms with Crippen molar-refractivity contribution in [2.45, 2.75) is 18.9 Å². The van der Waals surface area contributed by atoms with Crippen LogP contribution in [0, 0.1) is 0 Å². The molecule has 0 bridgehead atoms. The van der Waals surface area contributed by atoms with Gasteiger partial charge in [-0.2, -0.15) is 0 Å². The highest BCUT2D eigenvalue weighted by Crippen LogP contribution is 2.32. The average molecular weight is 370 g/mol. The Labute approximate surface area is 153 Å². The number of benzene rings is 1. The van der Waals surface area contributed by atoms with Gasteiger partial charge in [-0.25, -0.2) is 0 Å². The number of carbonyl (C=O) groups is 1. The summed E-state index contributed by atoms with van der Waals surface area (Å²) in [7, 11) is 1.42. The van der Waals surface area contributed by atoms with Gasteiger partial charge in [0.2, 0.25) is 17.1 Å². The molecule has 1 aromatic carbocycles. The molecule has 0 spiro atoms. The lowest BCUT2D eigenvalue weighted by Gasteiger charge is -2.17. The van der Waals surface area contributed by atoms with Gasteiger partial charge < -0.3 is 25.0 Å². The van der Waals surface area contributed by atoms with E-state index in [-0.39, 0.29) is 30.1 Å². The predicted molar refractivity (Wildman–Crippen MR) is 97.6 cm³/mol. The standard InChI is InChI=1S/C19H18N2O6/c1-26-9-11-7-15(22)17(24)18(27-11)12(8-16(20)23)13-6-10-4-2-3-5-14(10)21-19(13)25/h2-7,12,24H,8-9H2,1H3,(H2,20,23)(H,21,25). The summed E-state index contributed by atoms with van der Waals surface area (Å²) < 4.78 is 10.5. The fraction of sp³-hybridized carbons (Fsp3) is 0.211. The second-order valence-corrected chi connectivity index (χ2v) is 6.09. The van der Waals surface area contributed by atoms with E-state index >= 15 is 0 Å². The molecule has 1 unspecified atom stereocenters. The van der Waals surface area contributed by atoms with Gasteiger partial charge in [-0.1, -0.05) is 18.2 Å². The third-order valence-electron chi connectivity index (χ3n) is 4.17. The zero-order valence-corrected chi connectivity index (χ0v) is 14.5. The molecule has 0 aliphatic heterocycles. The lowest BCUT2D eigenvalue weighted by molar-refractivity contribution is -0.118. The molecule has 0 aliphatic carbocycles. The maximum Gasteiger partial charge on any atom is 0.252 e. The van der Waals surface area contributed by atoms with Crippen molar-refractivity contribution in [1.29, 1.82) is 0 Å². The van der Waals surface area contributed by atoms with E-state index in [1.165, 1.54) is 7.11 Å². The largest absolute Gasteiger partial charge is 0.502 e. The van der Waals surface area contributed by atoms with Crippen LogP contribution >= 0.6 is 0 Å². The van der Waals surface area contributed by atoms with Crippen LogP contribution in [0.15, 0.2) is 50.4 Å². The molecule has 140 valence electrons. The number of carbonyl (C=O) groups excluding carboxylic acids is 1. The van der Waals surface area contributed by atoms with Crippen LogP contribution in [0.2, 0.25) is 0 Å². The number of amides is 1. The summed E-state index contributed by atoms with van der Waals surface area (Å²) in [6.45, 7) is -0.0140. The molecule has 2 heterocycles. The molecule has 0 aliphatic rings. The number of fused-ring (bicyclic) bond motifs is 1. The molecule has 1 atom stereocenters. The Morgan fingerprint density at radius 3 is 2.74 bits per heavy atom. The minimum Gasteiger partial charge on any atom is -0.502 e. The highest BCUT2D eigenvalue weighted by atomic mass is 16.5. The summed E-state index contributed by atoms with van der Waals surface area (Å²) in [4.78, 5) is 39.0. The Kier molecular flexibility index (Phi) is 5.09. The maximum atomic E-state index is 12.6. The van der Waals surface area contributed by atoms with E-state index in [9.17, 15) is 19.5 Å². The third kappa shape index (κ3) is 3.75. The van der Waals surface area contributed by atoms with Gasteiger partial charge >= 0.3 is 0 Å². The number of hydrogen-bond donors (Lipinski definition) is 3. The molecule has 0 radical (unpaired) electrons. The van der Waals surface area contributed by atoms with Crippen molar-refractivity contribution in [2.75, 3.05) is 7.11 Å². The first-order valence-corrected chi connectivity index (χ1v) is 8.15. The predicted octanol–water partition coefficient (Wildman–Crippen LogP) is 1.34. The Bertz CT molecular complexity index is 1120. The molecule has 3 aromatic rings. The van der Waals surface area contributed by atoms with Crippen LogP contribution in [0.3, 0.4) is 0 Å². The maximum absolute atomic E-state index is 12.6. The van der Waals surface area contributed by atoms with E-state index in [2.05, 4.69) is 4.98 Å². The Morgan fingerprint density at radius 1 is 1.30 bits per heavy atom. The molecule has 4 N–H and O–H groups in total. The molecule has 1 amide bonds. The number of methoxy groups -OCH3 is 1. The van der Waals surface area contributed by atoms with E-state index in [0.717, 1.165) is 11.5 Å². The summed E-state index contributed by atoms with van der Waals surface area (Å²) in [5.41, 5.74) is 4.93. The number of nitrogens with one attached hydrogen (secondary N) is 1. The first-order valence-electron chi connectivity index (χ1n) is 8.15. The average Bonchev–Trinajstić information content (AvgIpc) is 2.62. The Hall–Kier alpha value is -3.39. The van der Waals surface area contributed by atoms with Gasteiger partial charge in [0.25, 0.3) is 5.56 Å². The zero-order valence-electron chi connectivity index (χ0n) is 14.5. The normalized spacial score (nSPS) is 12.2. The topological polar surface area (TPSA) is 136 Å². The van der Waals surface area contributed by atoms with Crippen LogP contribution in [0.5, 0.6) is 5.75 Å². The van der Waals surface area contributed by atoms with Gasteiger partial charge in [0, 0.05) is 30.7 Å². The van der Waals surface area contributed by atoms with Gasteiger partial charge in [-0.3, -0.25) is 14.4 Å². The molecule has 0 saturated carbocycles. The molecule has 8 heteroatoms. The summed E-state index contributed by atoms with van der Waals surface area (Å²) in [5.74, 6) is -2.46. The number of aromatic hydroxyl groups is 1. The quantitative estimate of drug-likeness (QED) is 0.599. The summed E-state index contributed by atoms with van der Waals surface area (Å²) >= 11 is 0. The highest BCUT2D eigenvalue weighted by Gasteiger charge is 2.27. The number of primary amides is 1. The minimum absolute atomic E-state index is 0.0140. The van der Waals surface area contributed by atoms with E-state index < -0.39 is 28.6 Å². The Balaban J connectivity index is 2.24. The van der Waals surface area contributed by atoms with E-state index in [0.29, 0.717) is 5.52 Å². The lowest BCUT2D eigenvalue weighted by Crippen LogP contribution is -2.23. The van der Waals surface area contributed by atoms with Crippen LogP contribution in [0.1, 0.15) is 29.4 Å². The molecule has 0 fully saturated rings. The second kappa shape index (κ2) is 7.46. The first-order chi connectivity index (χ1) is 12.9. The van der Waals surface area contributed by atoms with Crippen molar-refractivity contribution >= 4 is 16.8 Å². The number of aromatic amines is 1. The molecular weight excluding hydrogens is 352 g/mol. The van der Waals surface area contributed by atoms with Crippen LogP contribution in [-0.4, -0.2) is 23.1 Å². The van der Waals surface area contributed by atoms with Crippen molar-refractivity contribution in [3.8, 4) is 5.75 Å². The number of para-hydroxylation sites is 1. The van der Waals surface area contributed by atoms with Crippen molar-refractivity contribution in [1.82, 2.24) is 4.98 Å². The van der Waals surface area contributed by atoms with Gasteiger partial charge in [0.15, 0.2) is 5.76 Å². The fourth-order valence-electron chi connectivity index (χ4n) is 2.97. The summed E-state index contributed by atoms with van der Waals surface area (Å²) in [6.07, 6.45) is -0.325. The van der Waals surface area contributed by atoms with Gasteiger partial charge in [0.1, 0.15) is 12.4 Å². The number of rotatable bonds is 6. The smallest absolute Gasteiger partial charge is 0.252 e. The number of pyridine rings is 1. The van der Waals surface area contributed by atoms with Crippen molar-refractivity contribution in [2.24, 2.45) is 5.73 Å². The fourth-order valence-corrected chi connectivity index (χ4v) is 2.97. The Morgan fingerprint density at radius 2 is 2.04 bits per heavy atom. The van der Waals surface area contributed by atoms with Crippen molar-refractivity contribution in [3.63, 3.8) is 0 Å².